The fraction of sp³-hybridized carbons (Fsp3) is 0. The van der Waals surface area contributed by atoms with Crippen molar-refractivity contribution in [3.05, 3.63) is 200 Å². The van der Waals surface area contributed by atoms with Gasteiger partial charge in [-0.15, -0.1) is 0 Å². The molecule has 0 aliphatic carbocycles. The third-order valence-corrected chi connectivity index (χ3v) is 11.5. The van der Waals surface area contributed by atoms with Gasteiger partial charge in [0.1, 0.15) is 17.0 Å². The molecule has 0 N–H and O–H groups in total. The summed E-state index contributed by atoms with van der Waals surface area (Å²) in [6.07, 6.45) is 0. The molecule has 0 spiro atoms. The smallest absolute Gasteiger partial charge is 0.138 e. The van der Waals surface area contributed by atoms with Gasteiger partial charge in [0, 0.05) is 43.6 Å². The van der Waals surface area contributed by atoms with Crippen LogP contribution in [0.1, 0.15) is 0 Å². The summed E-state index contributed by atoms with van der Waals surface area (Å²) in [6.45, 7) is 0. The van der Waals surface area contributed by atoms with E-state index < -0.39 is 0 Å². The number of aromatic nitrogens is 3. The van der Waals surface area contributed by atoms with E-state index in [-0.39, 0.29) is 0 Å². The van der Waals surface area contributed by atoms with Gasteiger partial charge in [-0.25, -0.2) is 4.98 Å². The Morgan fingerprint density at radius 3 is 1.68 bits per heavy atom. The minimum Gasteiger partial charge on any atom is -0.456 e. The average Bonchev–Trinajstić information content (AvgIpc) is 3.95. The first-order valence-electron chi connectivity index (χ1n) is 19.4. The highest BCUT2D eigenvalue weighted by atomic mass is 16.3. The molecule has 0 radical (unpaired) electrons. The Hall–Kier alpha value is -7.69. The molecule has 0 aliphatic heterocycles. The van der Waals surface area contributed by atoms with Crippen molar-refractivity contribution in [1.82, 2.24) is 14.1 Å². The number of furan rings is 1. The molecular weight excluding hydrogens is 695 g/mol. The largest absolute Gasteiger partial charge is 0.456 e. The number of nitrogens with zero attached hydrogens (tertiary/aromatic N) is 3. The molecule has 266 valence electrons. The van der Waals surface area contributed by atoms with Crippen molar-refractivity contribution in [3.63, 3.8) is 0 Å². The van der Waals surface area contributed by atoms with Gasteiger partial charge < -0.3 is 8.98 Å². The van der Waals surface area contributed by atoms with E-state index in [1.165, 1.54) is 27.1 Å². The van der Waals surface area contributed by atoms with Crippen molar-refractivity contribution in [3.8, 4) is 45.0 Å². The van der Waals surface area contributed by atoms with E-state index in [9.17, 15) is 0 Å². The number of hydrogen-bond acceptors (Lipinski definition) is 2. The maximum Gasteiger partial charge on any atom is 0.138 e. The number of fused-ring (bicyclic) bond motifs is 10. The summed E-state index contributed by atoms with van der Waals surface area (Å²) in [6, 6.07) is 71.3. The van der Waals surface area contributed by atoms with E-state index in [4.69, 9.17) is 9.40 Å². The lowest BCUT2D eigenvalue weighted by Gasteiger charge is -2.15. The molecule has 0 unspecified atom stereocenters. The monoisotopic (exact) mass is 727 g/mol. The number of rotatable bonds is 5. The highest BCUT2D eigenvalue weighted by molar-refractivity contribution is 6.23. The van der Waals surface area contributed by atoms with Gasteiger partial charge in [0.05, 0.1) is 27.8 Å². The minimum atomic E-state index is 0.869. The van der Waals surface area contributed by atoms with E-state index in [1.807, 2.05) is 12.1 Å². The zero-order chi connectivity index (χ0) is 37.5. The normalized spacial score (nSPS) is 11.9. The molecule has 4 heterocycles. The summed E-state index contributed by atoms with van der Waals surface area (Å²) in [7, 11) is 0. The molecule has 0 amide bonds. The molecule has 0 aliphatic rings. The van der Waals surface area contributed by atoms with E-state index in [0.717, 1.165) is 83.5 Å². The molecule has 12 aromatic rings. The molecule has 57 heavy (non-hydrogen) atoms. The summed E-state index contributed by atoms with van der Waals surface area (Å²) in [5, 5.41) is 7.08. The Bertz CT molecular complexity index is 3500. The molecular formula is C53H33N3O. The fourth-order valence-electron chi connectivity index (χ4n) is 9.00. The van der Waals surface area contributed by atoms with Crippen molar-refractivity contribution in [1.29, 1.82) is 0 Å². The molecule has 0 fully saturated rings. The summed E-state index contributed by atoms with van der Waals surface area (Å²) in [5.74, 6) is 0.869. The van der Waals surface area contributed by atoms with Crippen molar-refractivity contribution >= 4 is 65.6 Å². The van der Waals surface area contributed by atoms with Crippen LogP contribution >= 0.6 is 0 Å². The molecule has 4 nitrogen and oxygen atoms in total. The first kappa shape index (κ1) is 31.6. The summed E-state index contributed by atoms with van der Waals surface area (Å²) in [5.41, 5.74) is 14.0. The number of para-hydroxylation sites is 4. The maximum absolute atomic E-state index is 6.23. The van der Waals surface area contributed by atoms with Gasteiger partial charge >= 0.3 is 0 Å². The highest BCUT2D eigenvalue weighted by Gasteiger charge is 2.22. The summed E-state index contributed by atoms with van der Waals surface area (Å²) in [4.78, 5) is 5.56. The van der Waals surface area contributed by atoms with Gasteiger partial charge in [0.15, 0.2) is 0 Å². The van der Waals surface area contributed by atoms with Crippen molar-refractivity contribution in [2.24, 2.45) is 0 Å². The van der Waals surface area contributed by atoms with Crippen LogP contribution in [-0.4, -0.2) is 14.1 Å². The first-order chi connectivity index (χ1) is 28.3. The Morgan fingerprint density at radius 1 is 0.368 bits per heavy atom. The third-order valence-electron chi connectivity index (χ3n) is 11.5. The Kier molecular flexibility index (Phi) is 6.89. The van der Waals surface area contributed by atoms with Crippen LogP contribution in [0.3, 0.4) is 0 Å². The zero-order valence-corrected chi connectivity index (χ0v) is 30.8. The van der Waals surface area contributed by atoms with Crippen molar-refractivity contribution in [2.45, 2.75) is 0 Å². The molecule has 0 bridgehead atoms. The van der Waals surface area contributed by atoms with Gasteiger partial charge in [-0.3, -0.25) is 4.57 Å². The average molecular weight is 728 g/mol. The molecule has 4 aromatic heterocycles. The molecule has 0 atom stereocenters. The van der Waals surface area contributed by atoms with Gasteiger partial charge in [-0.2, -0.15) is 0 Å². The standard InChI is InChI=1S/C53H33N3O/c1-3-14-34(15-4-1)37-32-45(36-28-26-35(27-29-36)39-21-13-25-49-51(39)44-20-9-12-24-48(44)57-49)54-50(33-37)56-47-23-11-8-19-41(47)43-31-30-42-40-18-7-10-22-46(40)55(52(42)53(43)56)38-16-5-2-6-17-38/h1-33H. The van der Waals surface area contributed by atoms with Gasteiger partial charge in [-0.05, 0) is 70.8 Å². The lowest BCUT2D eigenvalue weighted by atomic mass is 9.97. The Balaban J connectivity index is 1.12. The highest BCUT2D eigenvalue weighted by Crippen LogP contribution is 2.43. The summed E-state index contributed by atoms with van der Waals surface area (Å²) < 4.78 is 11.0. The zero-order valence-electron chi connectivity index (χ0n) is 30.8. The summed E-state index contributed by atoms with van der Waals surface area (Å²) >= 11 is 0. The van der Waals surface area contributed by atoms with Crippen LogP contribution in [0.15, 0.2) is 205 Å². The Morgan fingerprint density at radius 2 is 0.947 bits per heavy atom. The molecule has 4 heteroatoms. The minimum absolute atomic E-state index is 0.869. The molecule has 0 saturated heterocycles. The number of benzene rings is 8. The quantitative estimate of drug-likeness (QED) is 0.177. The second-order valence-corrected chi connectivity index (χ2v) is 14.7. The van der Waals surface area contributed by atoms with Gasteiger partial charge in [0.2, 0.25) is 0 Å². The van der Waals surface area contributed by atoms with E-state index in [2.05, 4.69) is 197 Å². The van der Waals surface area contributed by atoms with Crippen LogP contribution in [0.5, 0.6) is 0 Å². The van der Waals surface area contributed by atoms with Crippen LogP contribution < -0.4 is 0 Å². The first-order valence-corrected chi connectivity index (χ1v) is 19.4. The second kappa shape index (κ2) is 12.4. The lowest BCUT2D eigenvalue weighted by molar-refractivity contribution is 0.669. The predicted octanol–water partition coefficient (Wildman–Crippen LogP) is 14.2. The van der Waals surface area contributed by atoms with E-state index >= 15 is 0 Å². The number of hydrogen-bond donors (Lipinski definition) is 0. The van der Waals surface area contributed by atoms with Gasteiger partial charge in [0.25, 0.3) is 0 Å². The van der Waals surface area contributed by atoms with Crippen LogP contribution in [0, 0.1) is 0 Å². The topological polar surface area (TPSA) is 35.9 Å². The molecule has 12 rings (SSSR count). The van der Waals surface area contributed by atoms with Crippen LogP contribution in [0.4, 0.5) is 0 Å². The van der Waals surface area contributed by atoms with Crippen LogP contribution in [0.2, 0.25) is 0 Å². The molecule has 0 saturated carbocycles. The Labute approximate surface area is 328 Å². The third kappa shape index (κ3) is 4.84. The predicted molar refractivity (Wildman–Crippen MR) is 237 cm³/mol. The van der Waals surface area contributed by atoms with Crippen molar-refractivity contribution in [2.75, 3.05) is 0 Å². The second-order valence-electron chi connectivity index (χ2n) is 14.7. The SMILES string of the molecule is c1ccc(-c2cc(-c3ccc(-c4cccc5oc6ccccc6c45)cc3)nc(-n3c4ccccc4c4ccc5c6ccccc6n(-c6ccccc6)c5c43)c2)cc1. The lowest BCUT2D eigenvalue weighted by Crippen LogP contribution is -2.02. The van der Waals surface area contributed by atoms with E-state index in [1.54, 1.807) is 0 Å². The van der Waals surface area contributed by atoms with Crippen LogP contribution in [-0.2, 0) is 0 Å². The van der Waals surface area contributed by atoms with Crippen LogP contribution in [0.25, 0.3) is 111 Å². The maximum atomic E-state index is 6.23. The molecule has 8 aromatic carbocycles. The van der Waals surface area contributed by atoms with Crippen molar-refractivity contribution < 1.29 is 4.42 Å². The van der Waals surface area contributed by atoms with Gasteiger partial charge in [-0.1, -0.05) is 152 Å². The number of pyridine rings is 1. The van der Waals surface area contributed by atoms with E-state index in [0.29, 0.717) is 0 Å². The fourth-order valence-corrected chi connectivity index (χ4v) is 9.00.